The smallest absolute Gasteiger partial charge is 0.254 e. The van der Waals surface area contributed by atoms with Crippen LogP contribution in [0.15, 0.2) is 40.3 Å². The maximum atomic E-state index is 12.2. The Balaban J connectivity index is 1.62. The highest BCUT2D eigenvalue weighted by atomic mass is 32.2. The summed E-state index contributed by atoms with van der Waals surface area (Å²) in [7, 11) is 0. The van der Waals surface area contributed by atoms with Crippen LogP contribution in [0.1, 0.15) is 29.3 Å². The number of hydrogen-bond acceptors (Lipinski definition) is 4. The highest BCUT2D eigenvalue weighted by molar-refractivity contribution is 7.99. The minimum Gasteiger partial charge on any atom is -0.352 e. The third kappa shape index (κ3) is 3.64. The summed E-state index contributed by atoms with van der Waals surface area (Å²) in [4.78, 5) is 28.7. The van der Waals surface area contributed by atoms with E-state index < -0.39 is 0 Å². The van der Waals surface area contributed by atoms with E-state index in [-0.39, 0.29) is 17.5 Å². The largest absolute Gasteiger partial charge is 0.352 e. The third-order valence-corrected chi connectivity index (χ3v) is 4.95. The fourth-order valence-corrected chi connectivity index (χ4v) is 3.80. The molecule has 120 valence electrons. The summed E-state index contributed by atoms with van der Waals surface area (Å²) in [5.41, 5.74) is 2.91. The minimum absolute atomic E-state index is 0.0449. The second kappa shape index (κ2) is 6.58. The lowest BCUT2D eigenvalue weighted by molar-refractivity contribution is -0.121. The lowest BCUT2D eigenvalue weighted by Crippen LogP contribution is -2.30. The zero-order valence-corrected chi connectivity index (χ0v) is 14.0. The van der Waals surface area contributed by atoms with Crippen LogP contribution in [0.25, 0.3) is 0 Å². The van der Waals surface area contributed by atoms with Crippen molar-refractivity contribution in [2.75, 3.05) is 5.75 Å². The lowest BCUT2D eigenvalue weighted by atomic mass is 10.1. The molecule has 6 heteroatoms. The van der Waals surface area contributed by atoms with Gasteiger partial charge in [-0.05, 0) is 19.4 Å². The molecule has 0 saturated carbocycles. The number of carbonyl (C=O) groups is 1. The van der Waals surface area contributed by atoms with Gasteiger partial charge in [-0.1, -0.05) is 41.6 Å². The van der Waals surface area contributed by atoms with Gasteiger partial charge in [0.05, 0.1) is 6.04 Å². The molecule has 0 aliphatic carbocycles. The predicted molar refractivity (Wildman–Crippen MR) is 90.6 cm³/mol. The number of aromatic nitrogens is 2. The molecule has 0 bridgehead atoms. The van der Waals surface area contributed by atoms with Gasteiger partial charge in [0.15, 0.2) is 5.16 Å². The lowest BCUT2D eigenvalue weighted by Gasteiger charge is -2.13. The summed E-state index contributed by atoms with van der Waals surface area (Å²) in [5.74, 6) is 0.667. The molecule has 3 rings (SSSR count). The van der Waals surface area contributed by atoms with Crippen molar-refractivity contribution in [3.8, 4) is 0 Å². The van der Waals surface area contributed by atoms with E-state index in [2.05, 4.69) is 10.3 Å². The molecule has 0 spiro atoms. The van der Waals surface area contributed by atoms with Gasteiger partial charge in [0, 0.05) is 30.5 Å². The Bertz CT molecular complexity index is 783. The van der Waals surface area contributed by atoms with E-state index >= 15 is 0 Å². The molecule has 1 N–H and O–H groups in total. The number of benzene rings is 1. The average molecular weight is 329 g/mol. The van der Waals surface area contributed by atoms with E-state index in [0.717, 1.165) is 11.3 Å². The topological polar surface area (TPSA) is 64.0 Å². The summed E-state index contributed by atoms with van der Waals surface area (Å²) in [6, 6.07) is 9.47. The quantitative estimate of drug-likeness (QED) is 0.874. The molecule has 23 heavy (non-hydrogen) atoms. The number of amides is 1. The van der Waals surface area contributed by atoms with Crippen molar-refractivity contribution in [3.63, 3.8) is 0 Å². The van der Waals surface area contributed by atoms with Gasteiger partial charge < -0.3 is 5.32 Å². The zero-order chi connectivity index (χ0) is 16.4. The van der Waals surface area contributed by atoms with Crippen molar-refractivity contribution in [3.05, 3.63) is 57.5 Å². The van der Waals surface area contributed by atoms with E-state index in [9.17, 15) is 9.59 Å². The van der Waals surface area contributed by atoms with Crippen molar-refractivity contribution in [2.24, 2.45) is 0 Å². The SMILES string of the molecule is Cc1ccc(CNC(=O)CC2CSc3nc(C)cc(=O)n32)cc1. The maximum Gasteiger partial charge on any atom is 0.254 e. The first kappa shape index (κ1) is 15.8. The van der Waals surface area contributed by atoms with E-state index in [1.165, 1.54) is 23.4 Å². The Labute approximate surface area is 139 Å². The van der Waals surface area contributed by atoms with Gasteiger partial charge in [0.25, 0.3) is 5.56 Å². The number of nitrogens with zero attached hydrogens (tertiary/aromatic N) is 2. The summed E-state index contributed by atoms with van der Waals surface area (Å²) >= 11 is 1.53. The van der Waals surface area contributed by atoms with Gasteiger partial charge in [0.2, 0.25) is 5.91 Å². The second-order valence-corrected chi connectivity index (χ2v) is 6.81. The highest BCUT2D eigenvalue weighted by Gasteiger charge is 2.27. The number of carbonyl (C=O) groups excluding carboxylic acids is 1. The molecule has 1 aromatic heterocycles. The average Bonchev–Trinajstić information content (AvgIpc) is 2.89. The van der Waals surface area contributed by atoms with Crippen LogP contribution >= 0.6 is 11.8 Å². The molecule has 1 amide bonds. The van der Waals surface area contributed by atoms with Crippen molar-refractivity contribution in [1.82, 2.24) is 14.9 Å². The number of nitrogens with one attached hydrogen (secondary N) is 1. The molecule has 1 unspecified atom stereocenters. The molecular formula is C17H19N3O2S. The van der Waals surface area contributed by atoms with Crippen LogP contribution < -0.4 is 10.9 Å². The maximum absolute atomic E-state index is 12.2. The van der Waals surface area contributed by atoms with E-state index in [1.807, 2.05) is 38.1 Å². The molecule has 5 nitrogen and oxygen atoms in total. The first-order chi connectivity index (χ1) is 11.0. The molecule has 0 saturated heterocycles. The van der Waals surface area contributed by atoms with Crippen LogP contribution in [0.3, 0.4) is 0 Å². The third-order valence-electron chi connectivity index (χ3n) is 3.85. The van der Waals surface area contributed by atoms with E-state index in [4.69, 9.17) is 0 Å². The first-order valence-corrected chi connectivity index (χ1v) is 8.57. The standard InChI is InChI=1S/C17H19N3O2S/c1-11-3-5-13(6-4-11)9-18-15(21)8-14-10-23-17-19-12(2)7-16(22)20(14)17/h3-7,14H,8-10H2,1-2H3,(H,18,21). The summed E-state index contributed by atoms with van der Waals surface area (Å²) < 4.78 is 1.64. The predicted octanol–water partition coefficient (Wildman–Crippen LogP) is 2.21. The van der Waals surface area contributed by atoms with Crippen LogP contribution in [0, 0.1) is 13.8 Å². The molecule has 2 heterocycles. The molecular weight excluding hydrogens is 310 g/mol. The summed E-state index contributed by atoms with van der Waals surface area (Å²) in [5, 5.41) is 3.64. The number of rotatable bonds is 4. The van der Waals surface area contributed by atoms with Gasteiger partial charge in [-0.25, -0.2) is 4.98 Å². The van der Waals surface area contributed by atoms with Gasteiger partial charge in [-0.15, -0.1) is 0 Å². The van der Waals surface area contributed by atoms with Gasteiger partial charge in [0.1, 0.15) is 0 Å². The second-order valence-electron chi connectivity index (χ2n) is 5.82. The number of thioether (sulfide) groups is 1. The molecule has 1 aliphatic rings. The molecule has 1 aromatic carbocycles. The van der Waals surface area contributed by atoms with Crippen molar-refractivity contribution >= 4 is 17.7 Å². The van der Waals surface area contributed by atoms with E-state index in [0.29, 0.717) is 23.9 Å². The van der Waals surface area contributed by atoms with Crippen molar-refractivity contribution in [2.45, 2.75) is 38.0 Å². The fraction of sp³-hybridized carbons (Fsp3) is 0.353. The van der Waals surface area contributed by atoms with Crippen LogP contribution in [0.2, 0.25) is 0 Å². The number of aryl methyl sites for hydroxylation is 2. The van der Waals surface area contributed by atoms with Crippen molar-refractivity contribution in [1.29, 1.82) is 0 Å². The number of hydrogen-bond donors (Lipinski definition) is 1. The normalized spacial score (nSPS) is 16.2. The monoisotopic (exact) mass is 329 g/mol. The fourth-order valence-electron chi connectivity index (χ4n) is 2.61. The van der Waals surface area contributed by atoms with Crippen LogP contribution in [0.5, 0.6) is 0 Å². The molecule has 1 aliphatic heterocycles. The van der Waals surface area contributed by atoms with Crippen molar-refractivity contribution < 1.29 is 4.79 Å². The Hall–Kier alpha value is -2.08. The first-order valence-electron chi connectivity index (χ1n) is 7.58. The zero-order valence-electron chi connectivity index (χ0n) is 13.2. The molecule has 1 atom stereocenters. The molecule has 0 fully saturated rings. The Morgan fingerprint density at radius 3 is 2.83 bits per heavy atom. The van der Waals surface area contributed by atoms with Gasteiger partial charge >= 0.3 is 0 Å². The van der Waals surface area contributed by atoms with E-state index in [1.54, 1.807) is 4.57 Å². The summed E-state index contributed by atoms with van der Waals surface area (Å²) in [6.07, 6.45) is 0.302. The number of fused-ring (bicyclic) bond motifs is 1. The molecule has 2 aromatic rings. The van der Waals surface area contributed by atoms with Crippen LogP contribution in [-0.4, -0.2) is 21.2 Å². The Morgan fingerprint density at radius 2 is 2.09 bits per heavy atom. The Morgan fingerprint density at radius 1 is 1.35 bits per heavy atom. The van der Waals surface area contributed by atoms with Gasteiger partial charge in [-0.3, -0.25) is 14.2 Å². The Kier molecular flexibility index (Phi) is 4.52. The van der Waals surface area contributed by atoms with Crippen LogP contribution in [0.4, 0.5) is 0 Å². The van der Waals surface area contributed by atoms with Crippen LogP contribution in [-0.2, 0) is 11.3 Å². The minimum atomic E-state index is -0.117. The van der Waals surface area contributed by atoms with Gasteiger partial charge in [-0.2, -0.15) is 0 Å². The molecule has 0 radical (unpaired) electrons. The highest BCUT2D eigenvalue weighted by Crippen LogP contribution is 2.31. The summed E-state index contributed by atoms with van der Waals surface area (Å²) in [6.45, 7) is 4.35.